The van der Waals surface area contributed by atoms with E-state index in [1.54, 1.807) is 6.92 Å². The smallest absolute Gasteiger partial charge is 0.265 e. The van der Waals surface area contributed by atoms with Crippen molar-refractivity contribution in [2.45, 2.75) is 20.8 Å². The minimum absolute atomic E-state index is 0.164. The summed E-state index contributed by atoms with van der Waals surface area (Å²) in [4.78, 5) is 27.1. The summed E-state index contributed by atoms with van der Waals surface area (Å²) in [6.07, 6.45) is 1.52. The maximum absolute atomic E-state index is 12.1. The fourth-order valence-electron chi connectivity index (χ4n) is 1.68. The van der Waals surface area contributed by atoms with Crippen molar-refractivity contribution >= 4 is 29.1 Å². The highest BCUT2D eigenvalue weighted by Gasteiger charge is 2.38. The van der Waals surface area contributed by atoms with Crippen LogP contribution in [0, 0.1) is 0 Å². The first-order chi connectivity index (χ1) is 7.99. The van der Waals surface area contributed by atoms with Crippen LogP contribution in [0.15, 0.2) is 23.8 Å². The standard InChI is InChI=1S/C12H16N2O2S/c1-5-8(4)9-10(15)13(6-2)12(17)14(7-3)11(9)16/h5H,1,6-7H2,2-4H3. The summed E-state index contributed by atoms with van der Waals surface area (Å²) in [6, 6.07) is 0. The molecule has 17 heavy (non-hydrogen) atoms. The Morgan fingerprint density at radius 1 is 1.24 bits per heavy atom. The van der Waals surface area contributed by atoms with Gasteiger partial charge in [0.15, 0.2) is 5.11 Å². The monoisotopic (exact) mass is 252 g/mol. The fourth-order valence-corrected chi connectivity index (χ4v) is 2.10. The summed E-state index contributed by atoms with van der Waals surface area (Å²) in [6.45, 7) is 9.86. The van der Waals surface area contributed by atoms with Crippen LogP contribution in [-0.2, 0) is 9.59 Å². The number of likely N-dealkylation sites (N-methyl/N-ethyl adjacent to an activating group) is 2. The zero-order valence-corrected chi connectivity index (χ0v) is 11.1. The number of amides is 2. The molecule has 4 nitrogen and oxygen atoms in total. The molecule has 1 aliphatic heterocycles. The van der Waals surface area contributed by atoms with Gasteiger partial charge in [0, 0.05) is 13.1 Å². The first kappa shape index (κ1) is 13.6. The van der Waals surface area contributed by atoms with Crippen molar-refractivity contribution in [3.8, 4) is 0 Å². The van der Waals surface area contributed by atoms with E-state index in [2.05, 4.69) is 6.58 Å². The molecule has 1 fully saturated rings. The quantitative estimate of drug-likeness (QED) is 0.434. The van der Waals surface area contributed by atoms with Crippen LogP contribution in [0.25, 0.3) is 0 Å². The number of hydrogen-bond donors (Lipinski definition) is 0. The van der Waals surface area contributed by atoms with E-state index in [1.165, 1.54) is 15.9 Å². The second-order valence-corrected chi connectivity index (χ2v) is 4.01. The van der Waals surface area contributed by atoms with Crippen LogP contribution in [0.5, 0.6) is 0 Å². The molecule has 0 radical (unpaired) electrons. The third kappa shape index (κ3) is 2.15. The van der Waals surface area contributed by atoms with Crippen molar-refractivity contribution in [1.29, 1.82) is 0 Å². The van der Waals surface area contributed by atoms with E-state index in [9.17, 15) is 9.59 Å². The highest BCUT2D eigenvalue weighted by atomic mass is 32.1. The third-order valence-corrected chi connectivity index (χ3v) is 3.15. The molecule has 2 amide bonds. The molecule has 0 aromatic rings. The zero-order chi connectivity index (χ0) is 13.2. The summed E-state index contributed by atoms with van der Waals surface area (Å²) in [5, 5.41) is 0.283. The number of carbonyl (C=O) groups excluding carboxylic acids is 2. The predicted octanol–water partition coefficient (Wildman–Crippen LogP) is 1.48. The van der Waals surface area contributed by atoms with Crippen molar-refractivity contribution in [3.63, 3.8) is 0 Å². The molecule has 0 aromatic carbocycles. The average molecular weight is 252 g/mol. The van der Waals surface area contributed by atoms with Crippen LogP contribution in [-0.4, -0.2) is 39.8 Å². The Hall–Kier alpha value is -1.49. The minimum Gasteiger partial charge on any atom is -0.285 e. The van der Waals surface area contributed by atoms with Gasteiger partial charge in [-0.15, -0.1) is 0 Å². The predicted molar refractivity (Wildman–Crippen MR) is 70.3 cm³/mol. The van der Waals surface area contributed by atoms with Crippen molar-refractivity contribution in [2.75, 3.05) is 13.1 Å². The maximum atomic E-state index is 12.1. The van der Waals surface area contributed by atoms with Gasteiger partial charge in [0.25, 0.3) is 11.8 Å². The van der Waals surface area contributed by atoms with Crippen LogP contribution in [0.3, 0.4) is 0 Å². The van der Waals surface area contributed by atoms with Crippen LogP contribution >= 0.6 is 12.2 Å². The van der Waals surface area contributed by atoms with E-state index >= 15 is 0 Å². The van der Waals surface area contributed by atoms with Crippen molar-refractivity contribution in [3.05, 3.63) is 23.8 Å². The zero-order valence-electron chi connectivity index (χ0n) is 10.3. The number of rotatable bonds is 3. The SMILES string of the molecule is C=CC(C)=C1C(=O)N(CC)C(=S)N(CC)C1=O. The largest absolute Gasteiger partial charge is 0.285 e. The lowest BCUT2D eigenvalue weighted by Crippen LogP contribution is -2.56. The first-order valence-corrected chi connectivity index (χ1v) is 5.91. The minimum atomic E-state index is -0.329. The maximum Gasteiger partial charge on any atom is 0.265 e. The van der Waals surface area contributed by atoms with Crippen LogP contribution in [0.2, 0.25) is 0 Å². The molecule has 0 atom stereocenters. The van der Waals surface area contributed by atoms with Crippen LogP contribution in [0.4, 0.5) is 0 Å². The Bertz CT molecular complexity index is 398. The normalized spacial score (nSPS) is 16.6. The highest BCUT2D eigenvalue weighted by Crippen LogP contribution is 2.20. The van der Waals surface area contributed by atoms with Gasteiger partial charge in [0.2, 0.25) is 0 Å². The summed E-state index contributed by atoms with van der Waals surface area (Å²) in [5.41, 5.74) is 0.747. The molecule has 92 valence electrons. The molecule has 1 saturated heterocycles. The van der Waals surface area contributed by atoms with Gasteiger partial charge in [0.05, 0.1) is 0 Å². The molecule has 0 unspecified atom stereocenters. The molecule has 0 spiro atoms. The number of hydrogen-bond acceptors (Lipinski definition) is 3. The topological polar surface area (TPSA) is 40.6 Å². The van der Waals surface area contributed by atoms with Gasteiger partial charge in [-0.3, -0.25) is 19.4 Å². The third-order valence-electron chi connectivity index (χ3n) is 2.71. The van der Waals surface area contributed by atoms with E-state index in [1.807, 2.05) is 13.8 Å². The summed E-state index contributed by atoms with van der Waals surface area (Å²) in [5.74, 6) is -0.658. The second-order valence-electron chi connectivity index (χ2n) is 3.64. The Labute approximate surface area is 107 Å². The molecule has 0 bridgehead atoms. The number of carbonyl (C=O) groups is 2. The first-order valence-electron chi connectivity index (χ1n) is 5.50. The lowest BCUT2D eigenvalue weighted by atomic mass is 10.0. The number of nitrogens with zero attached hydrogens (tertiary/aromatic N) is 2. The van der Waals surface area contributed by atoms with Crippen LogP contribution in [0.1, 0.15) is 20.8 Å². The van der Waals surface area contributed by atoms with Crippen molar-refractivity contribution in [2.24, 2.45) is 0 Å². The van der Waals surface area contributed by atoms with Gasteiger partial charge in [-0.1, -0.05) is 12.7 Å². The number of thiocarbonyl (C=S) groups is 1. The number of allylic oxidation sites excluding steroid dienone is 2. The van der Waals surface area contributed by atoms with E-state index in [-0.39, 0.29) is 22.5 Å². The Kier molecular flexibility index (Phi) is 4.17. The molecule has 0 aliphatic carbocycles. The Balaban J connectivity index is 3.34. The summed E-state index contributed by atoms with van der Waals surface area (Å²) >= 11 is 5.14. The van der Waals surface area contributed by atoms with Gasteiger partial charge in [-0.2, -0.15) is 0 Å². The molecule has 0 N–H and O–H groups in total. The molecule has 0 saturated carbocycles. The molecule has 1 heterocycles. The van der Waals surface area contributed by atoms with Crippen molar-refractivity contribution < 1.29 is 9.59 Å². The molecular weight excluding hydrogens is 236 g/mol. The lowest BCUT2D eigenvalue weighted by Gasteiger charge is -2.35. The van der Waals surface area contributed by atoms with Crippen LogP contribution < -0.4 is 0 Å². The molecule has 5 heteroatoms. The summed E-state index contributed by atoms with van der Waals surface area (Å²) < 4.78 is 0. The van der Waals surface area contributed by atoms with E-state index in [0.29, 0.717) is 18.7 Å². The lowest BCUT2D eigenvalue weighted by molar-refractivity contribution is -0.133. The Morgan fingerprint density at radius 3 is 1.94 bits per heavy atom. The van der Waals surface area contributed by atoms with Gasteiger partial charge in [-0.25, -0.2) is 0 Å². The van der Waals surface area contributed by atoms with Gasteiger partial charge in [0.1, 0.15) is 5.57 Å². The average Bonchev–Trinajstić information content (AvgIpc) is 2.29. The van der Waals surface area contributed by atoms with Gasteiger partial charge < -0.3 is 0 Å². The van der Waals surface area contributed by atoms with E-state index in [4.69, 9.17) is 12.2 Å². The molecular formula is C12H16N2O2S. The molecule has 0 aromatic heterocycles. The van der Waals surface area contributed by atoms with Crippen molar-refractivity contribution in [1.82, 2.24) is 9.80 Å². The highest BCUT2D eigenvalue weighted by molar-refractivity contribution is 7.80. The van der Waals surface area contributed by atoms with Gasteiger partial charge >= 0.3 is 0 Å². The molecule has 1 rings (SSSR count). The second kappa shape index (κ2) is 5.23. The molecule has 1 aliphatic rings. The Morgan fingerprint density at radius 2 is 1.65 bits per heavy atom. The van der Waals surface area contributed by atoms with E-state index < -0.39 is 0 Å². The fraction of sp³-hybridized carbons (Fsp3) is 0.417. The van der Waals surface area contributed by atoms with E-state index in [0.717, 1.165) is 0 Å². The van der Waals surface area contributed by atoms with Gasteiger partial charge in [-0.05, 0) is 38.6 Å². The summed E-state index contributed by atoms with van der Waals surface area (Å²) in [7, 11) is 0.